The first-order valence-corrected chi connectivity index (χ1v) is 6.05. The summed E-state index contributed by atoms with van der Waals surface area (Å²) in [6.45, 7) is 2.80. The Morgan fingerprint density at radius 2 is 1.94 bits per heavy atom. The summed E-state index contributed by atoms with van der Waals surface area (Å²) in [6, 6.07) is 5.49. The van der Waals surface area contributed by atoms with Crippen molar-refractivity contribution in [2.75, 3.05) is 26.3 Å². The molecule has 4 nitrogen and oxygen atoms in total. The third kappa shape index (κ3) is 2.47. The summed E-state index contributed by atoms with van der Waals surface area (Å²) in [5.74, 6) is 2.13. The van der Waals surface area contributed by atoms with Gasteiger partial charge in [0.25, 0.3) is 0 Å². The van der Waals surface area contributed by atoms with Crippen LogP contribution in [0.1, 0.15) is 14.2 Å². The van der Waals surface area contributed by atoms with Crippen LogP contribution in [-0.4, -0.2) is 32.4 Å². The molecule has 2 aliphatic heterocycles. The maximum Gasteiger partial charge on any atom is 0.165 e. The lowest BCUT2D eigenvalue weighted by Crippen LogP contribution is -2.34. The predicted octanol–water partition coefficient (Wildman–Crippen LogP) is 1.59. The zero-order chi connectivity index (χ0) is 12.4. The van der Waals surface area contributed by atoms with Crippen molar-refractivity contribution in [3.63, 3.8) is 0 Å². The minimum absolute atomic E-state index is 0.562. The van der Waals surface area contributed by atoms with Gasteiger partial charge in [0.2, 0.25) is 0 Å². The molecule has 2 heterocycles. The summed E-state index contributed by atoms with van der Waals surface area (Å²) >= 11 is 0. The average molecular weight is 236 g/mol. The van der Waals surface area contributed by atoms with Crippen LogP contribution in [-0.2, 0) is 0 Å². The second-order valence-corrected chi connectivity index (χ2v) is 4.20. The number of hydrogen-bond acceptors (Lipinski definition) is 4. The van der Waals surface area contributed by atoms with Gasteiger partial charge in [0.05, 0.1) is 1.37 Å². The molecule has 3 rings (SSSR count). The molecule has 1 fully saturated rings. The SMILES string of the molecule is [2H]C1(Oc2ccc3c(c2)OCCO3)CCNCC1. The van der Waals surface area contributed by atoms with Gasteiger partial charge in [0.1, 0.15) is 25.0 Å². The highest BCUT2D eigenvalue weighted by Gasteiger charge is 2.17. The van der Waals surface area contributed by atoms with Gasteiger partial charge in [-0.05, 0) is 38.1 Å². The van der Waals surface area contributed by atoms with Gasteiger partial charge < -0.3 is 19.5 Å². The fraction of sp³-hybridized carbons (Fsp3) is 0.538. The van der Waals surface area contributed by atoms with E-state index in [1.165, 1.54) is 0 Å². The van der Waals surface area contributed by atoms with Crippen LogP contribution in [0.25, 0.3) is 0 Å². The van der Waals surface area contributed by atoms with Crippen LogP contribution in [0.15, 0.2) is 18.2 Å². The largest absolute Gasteiger partial charge is 0.490 e. The first-order valence-electron chi connectivity index (χ1n) is 6.55. The Labute approximate surface area is 102 Å². The predicted molar refractivity (Wildman–Crippen MR) is 64.0 cm³/mol. The number of nitrogens with one attached hydrogen (secondary N) is 1. The smallest absolute Gasteiger partial charge is 0.165 e. The maximum atomic E-state index is 8.26. The highest BCUT2D eigenvalue weighted by molar-refractivity contribution is 5.46. The van der Waals surface area contributed by atoms with E-state index >= 15 is 0 Å². The number of hydrogen-bond donors (Lipinski definition) is 1. The average Bonchev–Trinajstić information content (AvgIpc) is 2.39. The van der Waals surface area contributed by atoms with E-state index in [9.17, 15) is 0 Å². The second kappa shape index (κ2) is 4.84. The maximum absolute atomic E-state index is 8.26. The van der Waals surface area contributed by atoms with Gasteiger partial charge in [-0.1, -0.05) is 0 Å². The lowest BCUT2D eigenvalue weighted by atomic mass is 10.1. The molecule has 92 valence electrons. The lowest BCUT2D eigenvalue weighted by Gasteiger charge is -2.25. The molecule has 0 spiro atoms. The van der Waals surface area contributed by atoms with Gasteiger partial charge in [-0.3, -0.25) is 0 Å². The molecule has 17 heavy (non-hydrogen) atoms. The summed E-state index contributed by atoms with van der Waals surface area (Å²) in [7, 11) is 0. The molecule has 1 aromatic rings. The molecule has 0 aliphatic carbocycles. The molecule has 1 aromatic carbocycles. The molecule has 0 saturated carbocycles. The van der Waals surface area contributed by atoms with Gasteiger partial charge in [0, 0.05) is 6.07 Å². The summed E-state index contributed by atoms with van der Waals surface area (Å²) in [5, 5.41) is 3.23. The van der Waals surface area contributed by atoms with Gasteiger partial charge in [-0.2, -0.15) is 0 Å². The van der Waals surface area contributed by atoms with Crippen molar-refractivity contribution in [1.29, 1.82) is 0 Å². The van der Waals surface area contributed by atoms with E-state index in [4.69, 9.17) is 15.6 Å². The summed E-state index contributed by atoms with van der Waals surface area (Å²) < 4.78 is 25.0. The summed E-state index contributed by atoms with van der Waals surface area (Å²) in [4.78, 5) is 0. The molecule has 1 N–H and O–H groups in total. The molecule has 0 radical (unpaired) electrons. The van der Waals surface area contributed by atoms with E-state index in [1.54, 1.807) is 0 Å². The van der Waals surface area contributed by atoms with E-state index < -0.39 is 6.08 Å². The van der Waals surface area contributed by atoms with Crippen LogP contribution >= 0.6 is 0 Å². The fourth-order valence-corrected chi connectivity index (χ4v) is 2.06. The van der Waals surface area contributed by atoms with Crippen LogP contribution in [0.2, 0.25) is 0 Å². The third-order valence-electron chi connectivity index (χ3n) is 2.94. The number of piperidine rings is 1. The van der Waals surface area contributed by atoms with E-state index in [-0.39, 0.29) is 0 Å². The highest BCUT2D eigenvalue weighted by atomic mass is 16.6. The number of benzene rings is 1. The second-order valence-electron chi connectivity index (χ2n) is 4.20. The van der Waals surface area contributed by atoms with E-state index in [0.29, 0.717) is 37.6 Å². The van der Waals surface area contributed by atoms with Crippen LogP contribution in [0.4, 0.5) is 0 Å². The fourth-order valence-electron chi connectivity index (χ4n) is 2.06. The molecule has 0 bridgehead atoms. The normalized spacial score (nSPS) is 22.7. The highest BCUT2D eigenvalue weighted by Crippen LogP contribution is 2.34. The van der Waals surface area contributed by atoms with Crippen molar-refractivity contribution < 1.29 is 15.6 Å². The van der Waals surface area contributed by atoms with Crippen LogP contribution in [0.5, 0.6) is 17.2 Å². The Bertz CT molecular complexity index is 432. The Hall–Kier alpha value is -1.42. The van der Waals surface area contributed by atoms with Gasteiger partial charge in [-0.15, -0.1) is 0 Å². The molecular weight excluding hydrogens is 218 g/mol. The zero-order valence-electron chi connectivity index (χ0n) is 10.7. The molecular formula is C13H17NO3. The lowest BCUT2D eigenvalue weighted by molar-refractivity contribution is 0.154. The van der Waals surface area contributed by atoms with Crippen molar-refractivity contribution >= 4 is 0 Å². The Morgan fingerprint density at radius 3 is 2.76 bits per heavy atom. The van der Waals surface area contributed by atoms with Crippen molar-refractivity contribution in [2.45, 2.75) is 18.9 Å². The Kier molecular flexibility index (Phi) is 2.73. The monoisotopic (exact) mass is 236 g/mol. The molecule has 0 atom stereocenters. The molecule has 4 heteroatoms. The van der Waals surface area contributed by atoms with Crippen molar-refractivity contribution in [3.8, 4) is 17.2 Å². The number of rotatable bonds is 2. The first kappa shape index (κ1) is 9.59. The summed E-state index contributed by atoms with van der Waals surface area (Å²) in [5.41, 5.74) is 0. The number of ether oxygens (including phenoxy) is 3. The molecule has 0 unspecified atom stereocenters. The minimum atomic E-state index is -0.824. The Morgan fingerprint density at radius 1 is 1.18 bits per heavy atom. The molecule has 0 amide bonds. The molecule has 1 saturated heterocycles. The zero-order valence-corrected chi connectivity index (χ0v) is 9.70. The van der Waals surface area contributed by atoms with Crippen LogP contribution in [0, 0.1) is 0 Å². The van der Waals surface area contributed by atoms with Gasteiger partial charge in [-0.25, -0.2) is 0 Å². The third-order valence-corrected chi connectivity index (χ3v) is 2.94. The van der Waals surface area contributed by atoms with Crippen LogP contribution < -0.4 is 19.5 Å². The molecule has 2 aliphatic rings. The van der Waals surface area contributed by atoms with Crippen molar-refractivity contribution in [2.24, 2.45) is 0 Å². The van der Waals surface area contributed by atoms with Crippen molar-refractivity contribution in [1.82, 2.24) is 5.32 Å². The van der Waals surface area contributed by atoms with E-state index in [2.05, 4.69) is 5.32 Å². The Balaban J connectivity index is 1.76. The minimum Gasteiger partial charge on any atom is -0.490 e. The quantitative estimate of drug-likeness (QED) is 0.846. The summed E-state index contributed by atoms with van der Waals surface area (Å²) in [6.07, 6.45) is 0.567. The standard InChI is InChI=1S/C13H17NO3/c1-2-12-13(16-8-7-15-12)9-11(1)17-10-3-5-14-6-4-10/h1-2,9-10,14H,3-8H2/i10D. The number of fused-ring (bicyclic) bond motifs is 1. The topological polar surface area (TPSA) is 39.7 Å². The first-order chi connectivity index (χ1) is 8.75. The van der Waals surface area contributed by atoms with Gasteiger partial charge in [0.15, 0.2) is 11.5 Å². The van der Waals surface area contributed by atoms with Crippen LogP contribution in [0.3, 0.4) is 0 Å². The van der Waals surface area contributed by atoms with E-state index in [0.717, 1.165) is 18.8 Å². The van der Waals surface area contributed by atoms with E-state index in [1.807, 2.05) is 18.2 Å². The van der Waals surface area contributed by atoms with Gasteiger partial charge >= 0.3 is 0 Å². The molecule has 0 aromatic heterocycles. The van der Waals surface area contributed by atoms with Crippen molar-refractivity contribution in [3.05, 3.63) is 18.2 Å².